The zero-order valence-corrected chi connectivity index (χ0v) is 11.6. The normalized spacial score (nSPS) is 21.7. The van der Waals surface area contributed by atoms with E-state index in [1.54, 1.807) is 35.5 Å². The first kappa shape index (κ1) is 13.5. The summed E-state index contributed by atoms with van der Waals surface area (Å²) in [5.74, 6) is -1.59. The fraction of sp³-hybridized carbons (Fsp3) is 0.333. The van der Waals surface area contributed by atoms with Crippen molar-refractivity contribution in [3.8, 4) is 0 Å². The average molecular weight is 285 g/mol. The Kier molecular flexibility index (Phi) is 3.29. The first-order valence-corrected chi connectivity index (χ1v) is 6.79. The van der Waals surface area contributed by atoms with Gasteiger partial charge in [-0.05, 0) is 18.1 Å². The molecule has 1 fully saturated rings. The minimum atomic E-state index is -0.851. The lowest BCUT2D eigenvalue weighted by Gasteiger charge is -2.16. The number of aromatic nitrogens is 2. The standard InChI is InChI=1S/C15H15N3O3/c1-9-7-18(8-11(9)15(20)21)14(19)10-3-2-4-12-13(10)17-6-5-16-12/h2-6,9,11H,7-8H2,1H3,(H,20,21). The first-order valence-electron chi connectivity index (χ1n) is 6.79. The molecule has 1 saturated heterocycles. The molecule has 1 amide bonds. The highest BCUT2D eigenvalue weighted by Gasteiger charge is 2.37. The maximum absolute atomic E-state index is 12.6. The van der Waals surface area contributed by atoms with Crippen LogP contribution in [0.2, 0.25) is 0 Å². The van der Waals surface area contributed by atoms with Gasteiger partial charge < -0.3 is 10.0 Å². The Balaban J connectivity index is 1.93. The van der Waals surface area contributed by atoms with Crippen LogP contribution in [0.5, 0.6) is 0 Å². The highest BCUT2D eigenvalue weighted by Crippen LogP contribution is 2.26. The van der Waals surface area contributed by atoms with Crippen LogP contribution in [0.25, 0.3) is 11.0 Å². The number of carbonyl (C=O) groups excluding carboxylic acids is 1. The van der Waals surface area contributed by atoms with Crippen LogP contribution in [0.4, 0.5) is 0 Å². The molecule has 6 nitrogen and oxygen atoms in total. The Hall–Kier alpha value is -2.50. The summed E-state index contributed by atoms with van der Waals surface area (Å²) in [5, 5.41) is 9.17. The van der Waals surface area contributed by atoms with Gasteiger partial charge in [-0.3, -0.25) is 19.6 Å². The van der Waals surface area contributed by atoms with E-state index < -0.39 is 11.9 Å². The molecule has 1 N–H and O–H groups in total. The second kappa shape index (κ2) is 5.12. The zero-order chi connectivity index (χ0) is 15.0. The number of hydrogen-bond donors (Lipinski definition) is 1. The van der Waals surface area contributed by atoms with E-state index >= 15 is 0 Å². The van der Waals surface area contributed by atoms with E-state index in [1.807, 2.05) is 6.92 Å². The molecular formula is C15H15N3O3. The van der Waals surface area contributed by atoms with Gasteiger partial charge in [0.2, 0.25) is 0 Å². The monoisotopic (exact) mass is 285 g/mol. The van der Waals surface area contributed by atoms with Gasteiger partial charge in [0.25, 0.3) is 5.91 Å². The molecule has 0 aliphatic carbocycles. The van der Waals surface area contributed by atoms with Crippen molar-refractivity contribution in [2.75, 3.05) is 13.1 Å². The van der Waals surface area contributed by atoms with Crippen LogP contribution in [0.3, 0.4) is 0 Å². The molecule has 1 aliphatic heterocycles. The smallest absolute Gasteiger partial charge is 0.308 e. The molecule has 0 radical (unpaired) electrons. The van der Waals surface area contributed by atoms with Crippen molar-refractivity contribution in [1.29, 1.82) is 0 Å². The fourth-order valence-electron chi connectivity index (χ4n) is 2.79. The van der Waals surface area contributed by atoms with Gasteiger partial charge in [0, 0.05) is 25.5 Å². The van der Waals surface area contributed by atoms with Crippen LogP contribution in [-0.4, -0.2) is 44.9 Å². The van der Waals surface area contributed by atoms with E-state index in [9.17, 15) is 9.59 Å². The number of rotatable bonds is 2. The summed E-state index contributed by atoms with van der Waals surface area (Å²) in [4.78, 5) is 33.8. The van der Waals surface area contributed by atoms with E-state index in [4.69, 9.17) is 5.11 Å². The molecule has 2 heterocycles. The predicted octanol–water partition coefficient (Wildman–Crippen LogP) is 1.42. The summed E-state index contributed by atoms with van der Waals surface area (Å²) < 4.78 is 0. The Morgan fingerprint density at radius 1 is 1.24 bits per heavy atom. The minimum Gasteiger partial charge on any atom is -0.481 e. The molecule has 1 aliphatic rings. The molecule has 108 valence electrons. The number of fused-ring (bicyclic) bond motifs is 1. The highest BCUT2D eigenvalue weighted by molar-refractivity contribution is 6.04. The summed E-state index contributed by atoms with van der Waals surface area (Å²) in [5.41, 5.74) is 1.68. The Morgan fingerprint density at radius 2 is 2.00 bits per heavy atom. The lowest BCUT2D eigenvalue weighted by molar-refractivity contribution is -0.142. The van der Waals surface area contributed by atoms with E-state index in [0.717, 1.165) is 0 Å². The van der Waals surface area contributed by atoms with Gasteiger partial charge in [0.05, 0.1) is 17.0 Å². The Morgan fingerprint density at radius 3 is 2.71 bits per heavy atom. The third-order valence-electron chi connectivity index (χ3n) is 3.95. The molecule has 2 aromatic rings. The molecule has 6 heteroatoms. The van der Waals surface area contributed by atoms with Crippen LogP contribution in [0, 0.1) is 11.8 Å². The molecule has 2 atom stereocenters. The number of benzene rings is 1. The van der Waals surface area contributed by atoms with Crippen molar-refractivity contribution in [3.05, 3.63) is 36.2 Å². The second-order valence-electron chi connectivity index (χ2n) is 5.36. The third-order valence-corrected chi connectivity index (χ3v) is 3.95. The number of carbonyl (C=O) groups is 2. The van der Waals surface area contributed by atoms with E-state index in [1.165, 1.54) is 0 Å². The molecule has 0 spiro atoms. The Labute approximate surface area is 121 Å². The van der Waals surface area contributed by atoms with Gasteiger partial charge in [-0.25, -0.2) is 0 Å². The molecule has 1 aromatic carbocycles. The average Bonchev–Trinajstić information content (AvgIpc) is 2.88. The summed E-state index contributed by atoms with van der Waals surface area (Å²) in [6, 6.07) is 5.27. The van der Waals surface area contributed by atoms with Crippen molar-refractivity contribution in [2.24, 2.45) is 11.8 Å². The molecule has 0 bridgehead atoms. The van der Waals surface area contributed by atoms with Crippen LogP contribution >= 0.6 is 0 Å². The van der Waals surface area contributed by atoms with Crippen molar-refractivity contribution >= 4 is 22.9 Å². The topological polar surface area (TPSA) is 83.4 Å². The maximum atomic E-state index is 12.6. The predicted molar refractivity (Wildman–Crippen MR) is 75.7 cm³/mol. The maximum Gasteiger partial charge on any atom is 0.308 e. The number of hydrogen-bond acceptors (Lipinski definition) is 4. The molecular weight excluding hydrogens is 270 g/mol. The van der Waals surface area contributed by atoms with Gasteiger partial charge in [-0.1, -0.05) is 13.0 Å². The molecule has 1 aromatic heterocycles. The summed E-state index contributed by atoms with van der Waals surface area (Å²) in [6.45, 7) is 2.55. The van der Waals surface area contributed by atoms with Crippen LogP contribution in [0.1, 0.15) is 17.3 Å². The number of likely N-dealkylation sites (tertiary alicyclic amines) is 1. The summed E-state index contributed by atoms with van der Waals surface area (Å²) in [7, 11) is 0. The second-order valence-corrected chi connectivity index (χ2v) is 5.36. The van der Waals surface area contributed by atoms with Crippen molar-refractivity contribution < 1.29 is 14.7 Å². The number of aliphatic carboxylic acids is 1. The van der Waals surface area contributed by atoms with Gasteiger partial charge in [0.1, 0.15) is 5.52 Å². The van der Waals surface area contributed by atoms with E-state index in [-0.39, 0.29) is 18.4 Å². The van der Waals surface area contributed by atoms with Gasteiger partial charge in [0.15, 0.2) is 0 Å². The van der Waals surface area contributed by atoms with Crippen LogP contribution in [0.15, 0.2) is 30.6 Å². The number of para-hydroxylation sites is 1. The highest BCUT2D eigenvalue weighted by atomic mass is 16.4. The van der Waals surface area contributed by atoms with E-state index in [2.05, 4.69) is 9.97 Å². The number of carboxylic acid groups (broad SMARTS) is 1. The summed E-state index contributed by atoms with van der Waals surface area (Å²) in [6.07, 6.45) is 3.13. The van der Waals surface area contributed by atoms with Crippen molar-refractivity contribution in [1.82, 2.24) is 14.9 Å². The number of carboxylic acids is 1. The van der Waals surface area contributed by atoms with Gasteiger partial charge in [-0.15, -0.1) is 0 Å². The first-order chi connectivity index (χ1) is 10.1. The fourth-order valence-corrected chi connectivity index (χ4v) is 2.79. The SMILES string of the molecule is CC1CN(C(=O)c2cccc3nccnc23)CC1C(=O)O. The minimum absolute atomic E-state index is 0.0486. The van der Waals surface area contributed by atoms with Gasteiger partial charge >= 0.3 is 5.97 Å². The zero-order valence-electron chi connectivity index (χ0n) is 11.6. The van der Waals surface area contributed by atoms with Crippen LogP contribution in [-0.2, 0) is 4.79 Å². The third kappa shape index (κ3) is 2.33. The quantitative estimate of drug-likeness (QED) is 0.902. The summed E-state index contributed by atoms with van der Waals surface area (Å²) >= 11 is 0. The number of amides is 1. The molecule has 2 unspecified atom stereocenters. The lowest BCUT2D eigenvalue weighted by atomic mass is 9.99. The Bertz CT molecular complexity index is 711. The van der Waals surface area contributed by atoms with Crippen molar-refractivity contribution in [3.63, 3.8) is 0 Å². The van der Waals surface area contributed by atoms with Gasteiger partial charge in [-0.2, -0.15) is 0 Å². The molecule has 3 rings (SSSR count). The van der Waals surface area contributed by atoms with Crippen LogP contribution < -0.4 is 0 Å². The molecule has 21 heavy (non-hydrogen) atoms. The van der Waals surface area contributed by atoms with E-state index in [0.29, 0.717) is 23.1 Å². The molecule has 0 saturated carbocycles. The number of nitrogens with zero attached hydrogens (tertiary/aromatic N) is 3. The largest absolute Gasteiger partial charge is 0.481 e. The van der Waals surface area contributed by atoms with Crippen molar-refractivity contribution in [2.45, 2.75) is 6.92 Å². The lowest BCUT2D eigenvalue weighted by Crippen LogP contribution is -2.30.